The smallest absolute Gasteiger partial charge is 0.318 e. The van der Waals surface area contributed by atoms with Crippen LogP contribution in [0.25, 0.3) is 11.3 Å². The molecule has 4 nitrogen and oxygen atoms in total. The molecular formula is C14H15FN2O2. The van der Waals surface area contributed by atoms with Crippen LogP contribution in [0.2, 0.25) is 0 Å². The first-order valence-corrected chi connectivity index (χ1v) is 5.85. The monoisotopic (exact) mass is 262 g/mol. The van der Waals surface area contributed by atoms with Crippen molar-refractivity contribution >= 4 is 5.97 Å². The van der Waals surface area contributed by atoms with Gasteiger partial charge < -0.3 is 9.72 Å². The number of esters is 1. The van der Waals surface area contributed by atoms with Crippen molar-refractivity contribution in [3.63, 3.8) is 0 Å². The lowest BCUT2D eigenvalue weighted by Gasteiger charge is -2.18. The second-order valence-corrected chi connectivity index (χ2v) is 4.74. The van der Waals surface area contributed by atoms with Gasteiger partial charge in [-0.3, -0.25) is 4.79 Å². The van der Waals surface area contributed by atoms with E-state index in [0.29, 0.717) is 17.1 Å². The van der Waals surface area contributed by atoms with Gasteiger partial charge in [0.05, 0.1) is 19.0 Å². The van der Waals surface area contributed by atoms with E-state index in [2.05, 4.69) is 9.97 Å². The molecule has 0 atom stereocenters. The highest BCUT2D eigenvalue weighted by Gasteiger charge is 2.34. The van der Waals surface area contributed by atoms with Crippen molar-refractivity contribution in [1.29, 1.82) is 0 Å². The number of aromatic amines is 1. The lowest BCUT2D eigenvalue weighted by Crippen LogP contribution is -2.31. The molecule has 0 unspecified atom stereocenters. The fraction of sp³-hybridized carbons (Fsp3) is 0.286. The van der Waals surface area contributed by atoms with Gasteiger partial charge in [0.2, 0.25) is 0 Å². The Morgan fingerprint density at radius 2 is 2.05 bits per heavy atom. The summed E-state index contributed by atoms with van der Waals surface area (Å²) in [5, 5.41) is 0. The molecule has 0 fully saturated rings. The molecule has 0 aliphatic heterocycles. The molecule has 0 radical (unpaired) electrons. The average Bonchev–Trinajstić information content (AvgIpc) is 2.88. The van der Waals surface area contributed by atoms with Gasteiger partial charge in [0.25, 0.3) is 0 Å². The topological polar surface area (TPSA) is 55.0 Å². The van der Waals surface area contributed by atoms with E-state index in [1.807, 2.05) is 0 Å². The zero-order chi connectivity index (χ0) is 14.0. The molecule has 5 heteroatoms. The van der Waals surface area contributed by atoms with Gasteiger partial charge in [-0.25, -0.2) is 9.37 Å². The summed E-state index contributed by atoms with van der Waals surface area (Å²) < 4.78 is 18.4. The minimum Gasteiger partial charge on any atom is -0.468 e. The van der Waals surface area contributed by atoms with Crippen molar-refractivity contribution < 1.29 is 13.9 Å². The molecular weight excluding hydrogens is 247 g/mol. The van der Waals surface area contributed by atoms with E-state index in [1.54, 1.807) is 32.0 Å². The van der Waals surface area contributed by atoms with Crippen LogP contribution in [0, 0.1) is 5.82 Å². The van der Waals surface area contributed by atoms with Crippen LogP contribution in [0.4, 0.5) is 4.39 Å². The predicted octanol–water partition coefficient (Wildman–Crippen LogP) is 2.67. The predicted molar refractivity (Wildman–Crippen MR) is 69.0 cm³/mol. The average molecular weight is 262 g/mol. The van der Waals surface area contributed by atoms with Crippen LogP contribution in [0.15, 0.2) is 30.5 Å². The molecule has 0 bridgehead atoms. The highest BCUT2D eigenvalue weighted by Crippen LogP contribution is 2.26. The summed E-state index contributed by atoms with van der Waals surface area (Å²) in [7, 11) is 1.32. The van der Waals surface area contributed by atoms with Crippen LogP contribution in [-0.2, 0) is 14.9 Å². The number of hydrogen-bond acceptors (Lipinski definition) is 3. The molecule has 1 N–H and O–H groups in total. The number of methoxy groups -OCH3 is 1. The zero-order valence-corrected chi connectivity index (χ0v) is 11.0. The number of rotatable bonds is 3. The Bertz CT molecular complexity index is 605. The van der Waals surface area contributed by atoms with Crippen molar-refractivity contribution in [2.24, 2.45) is 0 Å². The molecule has 1 heterocycles. The van der Waals surface area contributed by atoms with Crippen molar-refractivity contribution in [3.8, 4) is 11.3 Å². The summed E-state index contributed by atoms with van der Waals surface area (Å²) >= 11 is 0. The summed E-state index contributed by atoms with van der Waals surface area (Å²) in [6.45, 7) is 3.39. The van der Waals surface area contributed by atoms with Gasteiger partial charge in [-0.1, -0.05) is 12.1 Å². The van der Waals surface area contributed by atoms with Crippen LogP contribution in [0.1, 0.15) is 19.7 Å². The van der Waals surface area contributed by atoms with Crippen molar-refractivity contribution in [2.45, 2.75) is 19.3 Å². The minimum absolute atomic E-state index is 0.339. The van der Waals surface area contributed by atoms with Crippen molar-refractivity contribution in [1.82, 2.24) is 9.97 Å². The van der Waals surface area contributed by atoms with Gasteiger partial charge in [0, 0.05) is 5.56 Å². The van der Waals surface area contributed by atoms with Crippen LogP contribution in [0.5, 0.6) is 0 Å². The number of H-pyrrole nitrogens is 1. The highest BCUT2D eigenvalue weighted by atomic mass is 19.1. The van der Waals surface area contributed by atoms with E-state index in [9.17, 15) is 9.18 Å². The van der Waals surface area contributed by atoms with Gasteiger partial charge >= 0.3 is 5.97 Å². The molecule has 0 saturated heterocycles. The number of benzene rings is 1. The fourth-order valence-corrected chi connectivity index (χ4v) is 1.81. The van der Waals surface area contributed by atoms with E-state index in [-0.39, 0.29) is 5.82 Å². The van der Waals surface area contributed by atoms with E-state index in [0.717, 1.165) is 0 Å². The number of carbonyl (C=O) groups excluding carboxylic acids is 1. The normalized spacial score (nSPS) is 11.4. The molecule has 2 aromatic rings. The number of ether oxygens (including phenoxy) is 1. The Hall–Kier alpha value is -2.17. The van der Waals surface area contributed by atoms with Crippen LogP contribution >= 0.6 is 0 Å². The van der Waals surface area contributed by atoms with Crippen LogP contribution in [-0.4, -0.2) is 23.0 Å². The van der Waals surface area contributed by atoms with Crippen molar-refractivity contribution in [3.05, 3.63) is 42.1 Å². The number of nitrogens with one attached hydrogen (secondary N) is 1. The third-order valence-electron chi connectivity index (χ3n) is 3.03. The van der Waals surface area contributed by atoms with E-state index in [4.69, 9.17) is 4.74 Å². The molecule has 0 spiro atoms. The summed E-state index contributed by atoms with van der Waals surface area (Å²) in [5.74, 6) is -0.298. The maximum absolute atomic E-state index is 13.7. The Morgan fingerprint density at radius 1 is 1.37 bits per heavy atom. The summed E-state index contributed by atoms with van der Waals surface area (Å²) in [5.41, 5.74) is 0.0464. The number of aromatic nitrogens is 2. The molecule has 100 valence electrons. The quantitative estimate of drug-likeness (QED) is 0.865. The third kappa shape index (κ3) is 2.36. The molecule has 0 saturated carbocycles. The number of imidazole rings is 1. The molecule has 1 aromatic heterocycles. The molecule has 19 heavy (non-hydrogen) atoms. The summed E-state index contributed by atoms with van der Waals surface area (Å²) in [4.78, 5) is 18.8. The Balaban J connectivity index is 2.40. The fourth-order valence-electron chi connectivity index (χ4n) is 1.81. The molecule has 0 aliphatic carbocycles. The first-order chi connectivity index (χ1) is 8.96. The maximum Gasteiger partial charge on any atom is 0.318 e. The third-order valence-corrected chi connectivity index (χ3v) is 3.03. The Labute approximate surface area is 110 Å². The van der Waals surface area contributed by atoms with E-state index < -0.39 is 11.4 Å². The molecule has 0 aliphatic rings. The maximum atomic E-state index is 13.7. The van der Waals surface area contributed by atoms with Gasteiger partial charge in [0.15, 0.2) is 0 Å². The van der Waals surface area contributed by atoms with Gasteiger partial charge in [-0.15, -0.1) is 0 Å². The number of carbonyl (C=O) groups is 1. The second kappa shape index (κ2) is 4.84. The van der Waals surface area contributed by atoms with Gasteiger partial charge in [0.1, 0.15) is 17.1 Å². The minimum atomic E-state index is -0.905. The lowest BCUT2D eigenvalue weighted by molar-refractivity contribution is -0.146. The molecule has 0 amide bonds. The highest BCUT2D eigenvalue weighted by molar-refractivity contribution is 5.81. The summed E-state index contributed by atoms with van der Waals surface area (Å²) in [6.07, 6.45) is 1.51. The lowest BCUT2D eigenvalue weighted by atomic mass is 9.93. The van der Waals surface area contributed by atoms with Crippen LogP contribution in [0.3, 0.4) is 0 Å². The largest absolute Gasteiger partial charge is 0.468 e. The number of halogens is 1. The molecule has 2 rings (SSSR count). The first-order valence-electron chi connectivity index (χ1n) is 5.85. The number of hydrogen-bond donors (Lipinski definition) is 1. The van der Waals surface area contributed by atoms with Gasteiger partial charge in [-0.2, -0.15) is 0 Å². The SMILES string of the molecule is COC(=O)C(C)(C)c1ncc(-c2ccccc2F)[nH]1. The molecule has 1 aromatic carbocycles. The van der Waals surface area contributed by atoms with E-state index >= 15 is 0 Å². The Morgan fingerprint density at radius 3 is 2.68 bits per heavy atom. The number of nitrogens with zero attached hydrogens (tertiary/aromatic N) is 1. The Kier molecular flexibility index (Phi) is 3.38. The summed E-state index contributed by atoms with van der Waals surface area (Å²) in [6, 6.07) is 6.39. The first kappa shape index (κ1) is 13.3. The second-order valence-electron chi connectivity index (χ2n) is 4.74. The van der Waals surface area contributed by atoms with E-state index in [1.165, 1.54) is 19.4 Å². The van der Waals surface area contributed by atoms with Crippen LogP contribution < -0.4 is 0 Å². The van der Waals surface area contributed by atoms with Crippen molar-refractivity contribution in [2.75, 3.05) is 7.11 Å². The standard InChI is InChI=1S/C14H15FN2O2/c1-14(2,13(18)19-3)12-16-8-11(17-12)9-6-4-5-7-10(9)15/h4-8H,1-3H3,(H,16,17). The van der Waals surface area contributed by atoms with Gasteiger partial charge in [-0.05, 0) is 26.0 Å². The zero-order valence-electron chi connectivity index (χ0n) is 11.0.